The van der Waals surface area contributed by atoms with Gasteiger partial charge >= 0.3 is 0 Å². The number of halogens is 1. The molecule has 2 aromatic rings. The number of amides is 2. The minimum Gasteiger partial charge on any atom is -0.267 e. The van der Waals surface area contributed by atoms with E-state index in [2.05, 4.69) is 0 Å². The van der Waals surface area contributed by atoms with Crippen LogP contribution in [0.4, 0.5) is 0 Å². The number of carbonyl (C=O) groups is 2. The molecule has 0 atom stereocenters. The molecule has 0 spiro atoms. The fourth-order valence-corrected chi connectivity index (χ4v) is 3.01. The summed E-state index contributed by atoms with van der Waals surface area (Å²) in [6.45, 7) is 9.77. The van der Waals surface area contributed by atoms with Crippen LogP contribution >= 0.6 is 11.6 Å². The van der Waals surface area contributed by atoms with Gasteiger partial charge in [0.05, 0.1) is 5.54 Å². The monoisotopic (exact) mass is 372 g/mol. The number of rotatable bonds is 3. The van der Waals surface area contributed by atoms with E-state index >= 15 is 0 Å². The zero-order chi connectivity index (χ0) is 19.5. The van der Waals surface area contributed by atoms with Crippen LogP contribution in [-0.2, 0) is 0 Å². The second-order valence-corrected chi connectivity index (χ2v) is 7.49. The molecular formula is C21H25ClN2O2. The lowest BCUT2D eigenvalue weighted by atomic mass is 10.0. The van der Waals surface area contributed by atoms with Gasteiger partial charge in [0.2, 0.25) is 0 Å². The number of nitrogens with zero attached hydrogens (tertiary/aromatic N) is 2. The second-order valence-electron chi connectivity index (χ2n) is 7.09. The molecule has 0 saturated heterocycles. The number of carbonyl (C=O) groups excluding carboxylic acids is 2. The number of benzene rings is 2. The summed E-state index contributed by atoms with van der Waals surface area (Å²) in [5.74, 6) is -0.459. The molecule has 0 aromatic heterocycles. The number of hydrogen-bond donors (Lipinski definition) is 0. The molecule has 0 heterocycles. The smallest absolute Gasteiger partial charge is 0.267 e. The third kappa shape index (κ3) is 4.07. The molecule has 0 aliphatic heterocycles. The van der Waals surface area contributed by atoms with E-state index in [1.807, 2.05) is 52.8 Å². The summed E-state index contributed by atoms with van der Waals surface area (Å²) in [4.78, 5) is 26.4. The molecule has 0 bridgehead atoms. The van der Waals surface area contributed by atoms with Gasteiger partial charge < -0.3 is 0 Å². The van der Waals surface area contributed by atoms with E-state index in [1.165, 1.54) is 10.0 Å². The van der Waals surface area contributed by atoms with Gasteiger partial charge in [-0.2, -0.15) is 0 Å². The predicted octanol–water partition coefficient (Wildman–Crippen LogP) is 4.97. The maximum absolute atomic E-state index is 13.4. The Morgan fingerprint density at radius 3 is 2.12 bits per heavy atom. The molecule has 0 aliphatic rings. The summed E-state index contributed by atoms with van der Waals surface area (Å²) < 4.78 is 0. The first-order chi connectivity index (χ1) is 12.2. The normalized spacial score (nSPS) is 11.2. The Kier molecular flexibility index (Phi) is 6.09. The van der Waals surface area contributed by atoms with E-state index in [4.69, 9.17) is 11.6 Å². The molecular weight excluding hydrogens is 348 g/mol. The minimum absolute atomic E-state index is 0.212. The third-order valence-corrected chi connectivity index (χ3v) is 4.53. The van der Waals surface area contributed by atoms with E-state index in [0.717, 1.165) is 0 Å². The van der Waals surface area contributed by atoms with Gasteiger partial charge in [-0.15, -0.1) is 0 Å². The zero-order valence-corrected chi connectivity index (χ0v) is 16.7. The van der Waals surface area contributed by atoms with Gasteiger partial charge in [-0.25, -0.2) is 10.0 Å². The zero-order valence-electron chi connectivity index (χ0n) is 15.9. The summed E-state index contributed by atoms with van der Waals surface area (Å²) in [7, 11) is 0. The fourth-order valence-electron chi connectivity index (χ4n) is 2.84. The Hall–Kier alpha value is -2.33. The Labute approximate surface area is 160 Å². The maximum Gasteiger partial charge on any atom is 0.273 e. The highest BCUT2D eigenvalue weighted by atomic mass is 35.5. The SMILES string of the molecule is CCN(C(=O)c1ccccc1)N(C(=O)c1cccc(Cl)c1C)C(C)(C)C. The predicted molar refractivity (Wildman–Crippen MR) is 105 cm³/mol. The van der Waals surface area contributed by atoms with Crippen molar-refractivity contribution in [1.29, 1.82) is 0 Å². The van der Waals surface area contributed by atoms with Crippen LogP contribution in [0.3, 0.4) is 0 Å². The van der Waals surface area contributed by atoms with Crippen LogP contribution in [0.2, 0.25) is 5.02 Å². The molecule has 0 radical (unpaired) electrons. The van der Waals surface area contributed by atoms with Crippen molar-refractivity contribution in [1.82, 2.24) is 10.0 Å². The van der Waals surface area contributed by atoms with Crippen LogP contribution in [0.5, 0.6) is 0 Å². The Morgan fingerprint density at radius 2 is 1.58 bits per heavy atom. The average molecular weight is 373 g/mol. The largest absolute Gasteiger partial charge is 0.273 e. The molecule has 5 heteroatoms. The maximum atomic E-state index is 13.4. The molecule has 0 fully saturated rings. The summed E-state index contributed by atoms with van der Waals surface area (Å²) in [5.41, 5.74) is 1.15. The van der Waals surface area contributed by atoms with Crippen LogP contribution in [0.15, 0.2) is 48.5 Å². The van der Waals surface area contributed by atoms with Crippen molar-refractivity contribution in [2.24, 2.45) is 0 Å². The Morgan fingerprint density at radius 1 is 0.962 bits per heavy atom. The first-order valence-corrected chi connectivity index (χ1v) is 9.02. The molecule has 0 aliphatic carbocycles. The molecule has 138 valence electrons. The van der Waals surface area contributed by atoms with Crippen LogP contribution in [-0.4, -0.2) is 33.9 Å². The molecule has 26 heavy (non-hydrogen) atoms. The summed E-state index contributed by atoms with van der Waals surface area (Å²) in [5, 5.41) is 3.56. The van der Waals surface area contributed by atoms with Crippen molar-refractivity contribution >= 4 is 23.4 Å². The van der Waals surface area contributed by atoms with E-state index in [0.29, 0.717) is 28.3 Å². The highest BCUT2D eigenvalue weighted by molar-refractivity contribution is 6.31. The molecule has 2 rings (SSSR count). The van der Waals surface area contributed by atoms with Crippen LogP contribution < -0.4 is 0 Å². The van der Waals surface area contributed by atoms with Gasteiger partial charge in [-0.05, 0) is 64.4 Å². The first kappa shape index (κ1) is 20.0. The first-order valence-electron chi connectivity index (χ1n) is 8.65. The van der Waals surface area contributed by atoms with Gasteiger partial charge in [0.25, 0.3) is 11.8 Å². The highest BCUT2D eigenvalue weighted by Crippen LogP contribution is 2.26. The van der Waals surface area contributed by atoms with E-state index in [1.54, 1.807) is 30.3 Å². The standard InChI is InChI=1S/C21H25ClN2O2/c1-6-23(19(25)16-11-8-7-9-12-16)24(21(3,4)5)20(26)17-13-10-14-18(22)15(17)2/h7-14H,6H2,1-5H3. The topological polar surface area (TPSA) is 40.6 Å². The molecule has 4 nitrogen and oxygen atoms in total. The van der Waals surface area contributed by atoms with Crippen molar-refractivity contribution in [3.8, 4) is 0 Å². The molecule has 0 unspecified atom stereocenters. The van der Waals surface area contributed by atoms with Crippen molar-refractivity contribution in [2.45, 2.75) is 40.2 Å². The quantitative estimate of drug-likeness (QED) is 0.714. The van der Waals surface area contributed by atoms with E-state index in [9.17, 15) is 9.59 Å². The van der Waals surface area contributed by atoms with E-state index < -0.39 is 5.54 Å². The third-order valence-electron chi connectivity index (χ3n) is 4.12. The van der Waals surface area contributed by atoms with Crippen molar-refractivity contribution in [3.05, 3.63) is 70.2 Å². The lowest BCUT2D eigenvalue weighted by Gasteiger charge is -2.43. The molecule has 0 saturated carbocycles. The second kappa shape index (κ2) is 7.92. The number of hydrogen-bond acceptors (Lipinski definition) is 2. The van der Waals surface area contributed by atoms with Crippen molar-refractivity contribution in [2.75, 3.05) is 6.54 Å². The van der Waals surface area contributed by atoms with Gasteiger partial charge in [0.1, 0.15) is 0 Å². The summed E-state index contributed by atoms with van der Waals surface area (Å²) in [6.07, 6.45) is 0. The van der Waals surface area contributed by atoms with Gasteiger partial charge in [-0.3, -0.25) is 9.59 Å². The van der Waals surface area contributed by atoms with Gasteiger partial charge in [0.15, 0.2) is 0 Å². The van der Waals surface area contributed by atoms with Crippen molar-refractivity contribution in [3.63, 3.8) is 0 Å². The van der Waals surface area contributed by atoms with Crippen molar-refractivity contribution < 1.29 is 9.59 Å². The summed E-state index contributed by atoms with van der Waals surface area (Å²) >= 11 is 6.20. The molecule has 0 N–H and O–H groups in total. The van der Waals surface area contributed by atoms with Gasteiger partial charge in [-0.1, -0.05) is 35.9 Å². The van der Waals surface area contributed by atoms with Crippen LogP contribution in [0.25, 0.3) is 0 Å². The van der Waals surface area contributed by atoms with Gasteiger partial charge in [0, 0.05) is 22.7 Å². The van der Waals surface area contributed by atoms with Crippen LogP contribution in [0.1, 0.15) is 54.0 Å². The average Bonchev–Trinajstić information content (AvgIpc) is 2.60. The molecule has 2 aromatic carbocycles. The summed E-state index contributed by atoms with van der Waals surface area (Å²) in [6, 6.07) is 14.2. The minimum atomic E-state index is -0.591. The Bertz CT molecular complexity index is 797. The van der Waals surface area contributed by atoms with Crippen LogP contribution in [0, 0.1) is 6.92 Å². The number of hydrazine groups is 1. The lowest BCUT2D eigenvalue weighted by molar-refractivity contribution is -0.0411. The van der Waals surface area contributed by atoms with E-state index in [-0.39, 0.29) is 11.8 Å². The lowest BCUT2D eigenvalue weighted by Crippen LogP contribution is -2.58. The fraction of sp³-hybridized carbons (Fsp3) is 0.333. The Balaban J connectivity index is 2.51. The molecule has 2 amide bonds. The highest BCUT2D eigenvalue weighted by Gasteiger charge is 2.35.